The quantitative estimate of drug-likeness (QED) is 0.734. The van der Waals surface area contributed by atoms with Gasteiger partial charge < -0.3 is 5.32 Å². The van der Waals surface area contributed by atoms with Gasteiger partial charge in [-0.1, -0.05) is 12.1 Å². The molecule has 1 aromatic heterocycles. The normalized spacial score (nSPS) is 10.5. The summed E-state index contributed by atoms with van der Waals surface area (Å²) in [5, 5.41) is 11.0. The first kappa shape index (κ1) is 13.8. The number of aromatic nitrogens is 2. The van der Waals surface area contributed by atoms with Crippen LogP contribution in [0.3, 0.4) is 0 Å². The number of rotatable bonds is 2. The summed E-state index contributed by atoms with van der Waals surface area (Å²) in [4.78, 5) is 8.26. The second kappa shape index (κ2) is 5.33. The van der Waals surface area contributed by atoms with Gasteiger partial charge in [0.05, 0.1) is 22.9 Å². The highest BCUT2D eigenvalue weighted by molar-refractivity contribution is 5.76. The van der Waals surface area contributed by atoms with Gasteiger partial charge in [-0.25, -0.2) is 18.2 Å². The van der Waals surface area contributed by atoms with Crippen LogP contribution in [0.4, 0.5) is 24.7 Å². The highest BCUT2D eigenvalue weighted by Crippen LogP contribution is 2.26. The SMILES string of the molecule is N#Cc1c(F)cc(Nc2cnc3ccccc3n2)c(F)c1F. The van der Waals surface area contributed by atoms with Crippen molar-refractivity contribution < 1.29 is 13.2 Å². The van der Waals surface area contributed by atoms with Crippen LogP contribution in [0.25, 0.3) is 11.0 Å². The molecule has 0 aliphatic rings. The first-order valence-electron chi connectivity index (χ1n) is 6.16. The van der Waals surface area contributed by atoms with E-state index in [9.17, 15) is 13.2 Å². The molecule has 0 aliphatic heterocycles. The number of halogens is 3. The third-order valence-electron chi connectivity index (χ3n) is 2.98. The van der Waals surface area contributed by atoms with Crippen LogP contribution >= 0.6 is 0 Å². The van der Waals surface area contributed by atoms with Gasteiger partial charge in [0.25, 0.3) is 0 Å². The predicted octanol–water partition coefficient (Wildman–Crippen LogP) is 3.66. The Morgan fingerprint density at radius 1 is 1.05 bits per heavy atom. The van der Waals surface area contributed by atoms with E-state index in [4.69, 9.17) is 5.26 Å². The molecule has 4 nitrogen and oxygen atoms in total. The van der Waals surface area contributed by atoms with Crippen molar-refractivity contribution in [2.75, 3.05) is 5.32 Å². The minimum atomic E-state index is -1.54. The zero-order chi connectivity index (χ0) is 15.7. The molecule has 1 heterocycles. The van der Waals surface area contributed by atoms with Gasteiger partial charge in [-0.2, -0.15) is 5.26 Å². The van der Waals surface area contributed by atoms with Gasteiger partial charge in [-0.05, 0) is 12.1 Å². The van der Waals surface area contributed by atoms with Crippen molar-refractivity contribution in [2.24, 2.45) is 0 Å². The molecule has 0 spiro atoms. The van der Waals surface area contributed by atoms with E-state index in [1.807, 2.05) is 0 Å². The molecule has 7 heteroatoms. The van der Waals surface area contributed by atoms with E-state index >= 15 is 0 Å². The van der Waals surface area contributed by atoms with Crippen LogP contribution in [0.15, 0.2) is 36.5 Å². The summed E-state index contributed by atoms with van der Waals surface area (Å²) >= 11 is 0. The molecular formula is C15H7F3N4. The van der Waals surface area contributed by atoms with Gasteiger partial charge in [-0.15, -0.1) is 0 Å². The van der Waals surface area contributed by atoms with E-state index in [0.29, 0.717) is 17.1 Å². The van der Waals surface area contributed by atoms with Crippen molar-refractivity contribution in [2.45, 2.75) is 0 Å². The molecule has 1 N–H and O–H groups in total. The molecule has 22 heavy (non-hydrogen) atoms. The van der Waals surface area contributed by atoms with Crippen LogP contribution in [0, 0.1) is 28.8 Å². The Bertz CT molecular complexity index is 919. The zero-order valence-electron chi connectivity index (χ0n) is 10.9. The van der Waals surface area contributed by atoms with Crippen LogP contribution in [0.2, 0.25) is 0 Å². The summed E-state index contributed by atoms with van der Waals surface area (Å²) in [7, 11) is 0. The lowest BCUT2D eigenvalue weighted by atomic mass is 10.2. The van der Waals surface area contributed by atoms with Crippen LogP contribution in [-0.2, 0) is 0 Å². The summed E-state index contributed by atoms with van der Waals surface area (Å²) in [6.07, 6.45) is 1.32. The Balaban J connectivity index is 2.03. The van der Waals surface area contributed by atoms with Gasteiger partial charge in [0.2, 0.25) is 0 Å². The van der Waals surface area contributed by atoms with Crippen molar-refractivity contribution in [3.05, 3.63) is 59.5 Å². The first-order valence-corrected chi connectivity index (χ1v) is 6.16. The van der Waals surface area contributed by atoms with Crippen LogP contribution < -0.4 is 5.32 Å². The zero-order valence-corrected chi connectivity index (χ0v) is 10.9. The number of fused-ring (bicyclic) bond motifs is 1. The Labute approximate surface area is 122 Å². The summed E-state index contributed by atoms with van der Waals surface area (Å²) in [6.45, 7) is 0. The Morgan fingerprint density at radius 2 is 1.77 bits per heavy atom. The maximum absolute atomic E-state index is 13.8. The molecule has 2 aromatic carbocycles. The fourth-order valence-corrected chi connectivity index (χ4v) is 1.94. The third-order valence-corrected chi connectivity index (χ3v) is 2.98. The van der Waals surface area contributed by atoms with Crippen molar-refractivity contribution >= 4 is 22.5 Å². The summed E-state index contributed by atoms with van der Waals surface area (Å²) < 4.78 is 40.9. The summed E-state index contributed by atoms with van der Waals surface area (Å²) in [5.74, 6) is -3.93. The van der Waals surface area contributed by atoms with E-state index in [1.54, 1.807) is 24.3 Å². The molecule has 3 aromatic rings. The predicted molar refractivity (Wildman–Crippen MR) is 73.9 cm³/mol. The number of nitrogens with one attached hydrogen (secondary N) is 1. The number of hydrogen-bond acceptors (Lipinski definition) is 4. The highest BCUT2D eigenvalue weighted by Gasteiger charge is 2.19. The average molecular weight is 300 g/mol. The van der Waals surface area contributed by atoms with E-state index in [-0.39, 0.29) is 5.82 Å². The maximum Gasteiger partial charge on any atom is 0.183 e. The lowest BCUT2D eigenvalue weighted by molar-refractivity contribution is 0.494. The summed E-state index contributed by atoms with van der Waals surface area (Å²) in [6, 6.07) is 8.96. The largest absolute Gasteiger partial charge is 0.336 e. The van der Waals surface area contributed by atoms with Crippen molar-refractivity contribution in [3.63, 3.8) is 0 Å². The number of para-hydroxylation sites is 2. The van der Waals surface area contributed by atoms with E-state index in [2.05, 4.69) is 15.3 Å². The topological polar surface area (TPSA) is 61.6 Å². The number of nitrogens with zero attached hydrogens (tertiary/aromatic N) is 3. The second-order valence-electron chi connectivity index (χ2n) is 4.39. The first-order chi connectivity index (χ1) is 10.6. The van der Waals surface area contributed by atoms with Gasteiger partial charge in [0, 0.05) is 6.07 Å². The monoisotopic (exact) mass is 300 g/mol. The van der Waals surface area contributed by atoms with Crippen molar-refractivity contribution in [1.82, 2.24) is 9.97 Å². The molecule has 0 aliphatic carbocycles. The molecule has 0 radical (unpaired) electrons. The molecule has 108 valence electrons. The third kappa shape index (κ3) is 2.31. The van der Waals surface area contributed by atoms with E-state index in [1.165, 1.54) is 12.3 Å². The fraction of sp³-hybridized carbons (Fsp3) is 0. The number of hydrogen-bond donors (Lipinski definition) is 1. The van der Waals surface area contributed by atoms with Gasteiger partial charge in [-0.3, -0.25) is 4.98 Å². The van der Waals surface area contributed by atoms with Crippen LogP contribution in [-0.4, -0.2) is 9.97 Å². The molecule has 0 saturated carbocycles. The van der Waals surface area contributed by atoms with E-state index < -0.39 is 28.7 Å². The summed E-state index contributed by atoms with van der Waals surface area (Å²) in [5.41, 5.74) is -0.251. The smallest absolute Gasteiger partial charge is 0.183 e. The lowest BCUT2D eigenvalue weighted by Crippen LogP contribution is -2.03. The molecule has 0 unspecified atom stereocenters. The highest BCUT2D eigenvalue weighted by atomic mass is 19.2. The Hall–Kier alpha value is -3.14. The standard InChI is InChI=1S/C15H7F3N4/c16-9-5-12(15(18)14(17)8(9)6-19)22-13-7-20-10-3-1-2-4-11(10)21-13/h1-5,7H,(H,21,22). The van der Waals surface area contributed by atoms with Gasteiger partial charge in [0.15, 0.2) is 11.6 Å². The molecule has 0 fully saturated rings. The molecule has 0 bridgehead atoms. The number of benzene rings is 2. The minimum absolute atomic E-state index is 0.126. The van der Waals surface area contributed by atoms with Crippen LogP contribution in [0.5, 0.6) is 0 Å². The number of nitriles is 1. The van der Waals surface area contributed by atoms with Gasteiger partial charge >= 0.3 is 0 Å². The molecule has 0 saturated heterocycles. The van der Waals surface area contributed by atoms with Crippen LogP contribution in [0.1, 0.15) is 5.56 Å². The molecular weight excluding hydrogens is 293 g/mol. The lowest BCUT2D eigenvalue weighted by Gasteiger charge is -2.09. The van der Waals surface area contributed by atoms with Gasteiger partial charge in [0.1, 0.15) is 23.3 Å². The molecule has 0 atom stereocenters. The average Bonchev–Trinajstić information content (AvgIpc) is 2.53. The Kier molecular flexibility index (Phi) is 3.35. The molecule has 0 amide bonds. The molecule has 3 rings (SSSR count). The second-order valence-corrected chi connectivity index (χ2v) is 4.39. The maximum atomic E-state index is 13.8. The minimum Gasteiger partial charge on any atom is -0.336 e. The Morgan fingerprint density at radius 3 is 2.50 bits per heavy atom. The fourth-order valence-electron chi connectivity index (χ4n) is 1.94. The van der Waals surface area contributed by atoms with Crippen molar-refractivity contribution in [3.8, 4) is 6.07 Å². The van der Waals surface area contributed by atoms with Crippen molar-refractivity contribution in [1.29, 1.82) is 5.26 Å². The van der Waals surface area contributed by atoms with E-state index in [0.717, 1.165) is 0 Å². The number of anilines is 2.